The molecule has 5 aromatic rings. The molecular formula is C35H36FN8O5S+. The van der Waals surface area contributed by atoms with E-state index in [1.807, 2.05) is 24.4 Å². The van der Waals surface area contributed by atoms with E-state index in [0.717, 1.165) is 5.56 Å². The smallest absolute Gasteiger partial charge is 0.418 e. The maximum Gasteiger partial charge on any atom is 0.418 e. The molecule has 258 valence electrons. The molecule has 0 saturated carbocycles. The van der Waals surface area contributed by atoms with Crippen LogP contribution in [0.3, 0.4) is 0 Å². The number of nitrogens with zero attached hydrogens (tertiary/aromatic N) is 7. The van der Waals surface area contributed by atoms with Crippen LogP contribution in [0, 0.1) is 17.1 Å². The largest absolute Gasteiger partial charge is 0.460 e. The van der Waals surface area contributed by atoms with Gasteiger partial charge in [0.05, 0.1) is 28.9 Å². The molecule has 0 spiro atoms. The number of aromatic nitrogens is 5. The number of anilines is 1. The number of esters is 1. The van der Waals surface area contributed by atoms with Crippen molar-refractivity contribution in [3.63, 3.8) is 0 Å². The van der Waals surface area contributed by atoms with Crippen LogP contribution in [-0.2, 0) is 33.0 Å². The molecular weight excluding hydrogens is 664 g/mol. The molecule has 3 heterocycles. The molecule has 0 saturated heterocycles. The molecule has 2 aromatic carbocycles. The van der Waals surface area contributed by atoms with Crippen LogP contribution in [0.25, 0.3) is 11.3 Å². The standard InChI is InChI=1S/C35H36FN8O5S/c1-23(33-41-30(19-50-33)26-12-10-25(16-37)11-13-26)35(47,28-8-5-9-29(36)15-28)20-44-22-43(21-40-44)24(2)49-34(46)42(4)32-27(7-6-14-39-32)18-48-31(45)17-38-3/h5-15,19,21-24,38,47H,17-18,20H2,1-4H3/q+1. The highest BCUT2D eigenvalue weighted by atomic mass is 32.1. The molecule has 0 radical (unpaired) electrons. The molecule has 50 heavy (non-hydrogen) atoms. The lowest BCUT2D eigenvalue weighted by Crippen LogP contribution is -2.42. The van der Waals surface area contributed by atoms with E-state index in [-0.39, 0.29) is 25.5 Å². The summed E-state index contributed by atoms with van der Waals surface area (Å²) in [5.41, 5.74) is 1.24. The SMILES string of the molecule is CNCC(=O)OCc1cccnc1N(C)C(=O)OC(C)[n+]1cnn(CC(O)(c2cccc(F)c2)C(C)c2nc(-c3ccc(C#N)cc3)cs2)c1. The summed E-state index contributed by atoms with van der Waals surface area (Å²) >= 11 is 1.36. The number of aliphatic hydroxyl groups is 1. The molecule has 5 rings (SSSR count). The predicted molar refractivity (Wildman–Crippen MR) is 181 cm³/mol. The molecule has 0 aliphatic rings. The van der Waals surface area contributed by atoms with E-state index in [9.17, 15) is 19.1 Å². The molecule has 0 aliphatic heterocycles. The van der Waals surface area contributed by atoms with E-state index < -0.39 is 35.6 Å². The Morgan fingerprint density at radius 1 is 1.20 bits per heavy atom. The number of benzene rings is 2. The molecule has 3 atom stereocenters. The Hall–Kier alpha value is -5.56. The van der Waals surface area contributed by atoms with E-state index in [4.69, 9.17) is 19.7 Å². The summed E-state index contributed by atoms with van der Waals surface area (Å²) < 4.78 is 28.5. The molecule has 15 heteroatoms. The van der Waals surface area contributed by atoms with Crippen molar-refractivity contribution < 1.29 is 33.1 Å². The molecule has 0 aliphatic carbocycles. The third-order valence-electron chi connectivity index (χ3n) is 8.11. The lowest BCUT2D eigenvalue weighted by atomic mass is 9.82. The summed E-state index contributed by atoms with van der Waals surface area (Å²) in [7, 11) is 3.13. The number of nitriles is 1. The van der Waals surface area contributed by atoms with E-state index in [1.165, 1.54) is 58.7 Å². The number of carbonyl (C=O) groups is 2. The Morgan fingerprint density at radius 2 is 1.98 bits per heavy atom. The number of carbonyl (C=O) groups excluding carboxylic acids is 2. The number of ether oxygens (including phenoxy) is 2. The monoisotopic (exact) mass is 699 g/mol. The molecule has 0 bridgehead atoms. The van der Waals surface area contributed by atoms with Crippen molar-refractivity contribution in [2.75, 3.05) is 25.5 Å². The Kier molecular flexibility index (Phi) is 11.3. The molecule has 3 aromatic heterocycles. The van der Waals surface area contributed by atoms with Gasteiger partial charge in [0, 0.05) is 47.7 Å². The van der Waals surface area contributed by atoms with Gasteiger partial charge in [-0.1, -0.05) is 37.3 Å². The van der Waals surface area contributed by atoms with E-state index in [2.05, 4.69) is 21.5 Å². The number of likely N-dealkylation sites (N-methyl/N-ethyl adjacent to an activating group) is 1. The highest BCUT2D eigenvalue weighted by Crippen LogP contribution is 2.40. The fourth-order valence-corrected chi connectivity index (χ4v) is 6.17. The highest BCUT2D eigenvalue weighted by Gasteiger charge is 2.42. The lowest BCUT2D eigenvalue weighted by Gasteiger charge is -2.31. The van der Waals surface area contributed by atoms with Crippen LogP contribution in [0.5, 0.6) is 0 Å². The topological polar surface area (TPSA) is 159 Å². The first kappa shape index (κ1) is 35.7. The van der Waals surface area contributed by atoms with Crippen LogP contribution in [0.1, 0.15) is 47.7 Å². The Labute approximate surface area is 292 Å². The van der Waals surface area contributed by atoms with Crippen molar-refractivity contribution in [1.29, 1.82) is 5.26 Å². The minimum Gasteiger partial charge on any atom is -0.460 e. The number of halogens is 1. The normalized spacial score (nSPS) is 13.5. The average Bonchev–Trinajstić information content (AvgIpc) is 3.81. The van der Waals surface area contributed by atoms with Gasteiger partial charge in [0.1, 0.15) is 30.4 Å². The highest BCUT2D eigenvalue weighted by molar-refractivity contribution is 7.10. The summed E-state index contributed by atoms with van der Waals surface area (Å²) in [6.45, 7) is 3.35. The van der Waals surface area contributed by atoms with Gasteiger partial charge in [-0.25, -0.2) is 19.2 Å². The quantitative estimate of drug-likeness (QED) is 0.133. The molecule has 2 N–H and O–H groups in total. The van der Waals surface area contributed by atoms with Crippen LogP contribution < -0.4 is 14.8 Å². The van der Waals surface area contributed by atoms with Gasteiger partial charge >= 0.3 is 12.1 Å². The fraction of sp³-hybridized carbons (Fsp3) is 0.286. The second-order valence-electron chi connectivity index (χ2n) is 11.5. The molecule has 0 fully saturated rings. The van der Waals surface area contributed by atoms with Crippen LogP contribution in [0.15, 0.2) is 84.9 Å². The summed E-state index contributed by atoms with van der Waals surface area (Å²) in [6.07, 6.45) is 3.00. The zero-order chi connectivity index (χ0) is 35.8. The number of nitrogens with one attached hydrogen (secondary N) is 1. The van der Waals surface area contributed by atoms with Gasteiger partial charge in [0.2, 0.25) is 12.6 Å². The van der Waals surface area contributed by atoms with Crippen LogP contribution in [0.2, 0.25) is 0 Å². The number of thiazole rings is 1. The average molecular weight is 700 g/mol. The Morgan fingerprint density at radius 3 is 2.70 bits per heavy atom. The fourth-order valence-electron chi connectivity index (χ4n) is 5.20. The van der Waals surface area contributed by atoms with Gasteiger partial charge in [-0.3, -0.25) is 9.69 Å². The van der Waals surface area contributed by atoms with Crippen LogP contribution >= 0.6 is 11.3 Å². The predicted octanol–water partition coefficient (Wildman–Crippen LogP) is 4.45. The number of amides is 1. The minimum absolute atomic E-state index is 0.0419. The van der Waals surface area contributed by atoms with Crippen molar-refractivity contribution in [3.8, 4) is 17.3 Å². The van der Waals surface area contributed by atoms with E-state index in [0.29, 0.717) is 27.4 Å². The third kappa shape index (κ3) is 8.17. The summed E-state index contributed by atoms with van der Waals surface area (Å²) in [5.74, 6) is -1.29. The van der Waals surface area contributed by atoms with Gasteiger partial charge in [-0.15, -0.1) is 16.0 Å². The first-order valence-electron chi connectivity index (χ1n) is 15.6. The van der Waals surface area contributed by atoms with Gasteiger partial charge in [0.15, 0.2) is 0 Å². The first-order chi connectivity index (χ1) is 24.0. The van der Waals surface area contributed by atoms with Crippen LogP contribution in [0.4, 0.5) is 15.0 Å². The van der Waals surface area contributed by atoms with Gasteiger partial charge in [-0.2, -0.15) is 9.83 Å². The Balaban J connectivity index is 1.32. The lowest BCUT2D eigenvalue weighted by molar-refractivity contribution is -0.753. The zero-order valence-corrected chi connectivity index (χ0v) is 28.7. The van der Waals surface area contributed by atoms with E-state index >= 15 is 0 Å². The van der Waals surface area contributed by atoms with Crippen molar-refractivity contribution in [1.82, 2.24) is 25.1 Å². The minimum atomic E-state index is -1.65. The number of rotatable bonds is 13. The summed E-state index contributed by atoms with van der Waals surface area (Å²) in [4.78, 5) is 35.3. The van der Waals surface area contributed by atoms with Gasteiger partial charge < -0.3 is 19.9 Å². The zero-order valence-electron chi connectivity index (χ0n) is 27.9. The molecule has 1 amide bonds. The molecule has 3 unspecified atom stereocenters. The van der Waals surface area contributed by atoms with Gasteiger partial charge in [0.25, 0.3) is 6.33 Å². The Bertz CT molecular complexity index is 2000. The number of hydrogen-bond acceptors (Lipinski definition) is 11. The second kappa shape index (κ2) is 15.8. The maximum absolute atomic E-state index is 14.5. The van der Waals surface area contributed by atoms with Crippen molar-refractivity contribution in [2.24, 2.45) is 0 Å². The van der Waals surface area contributed by atoms with E-state index in [1.54, 1.807) is 55.2 Å². The van der Waals surface area contributed by atoms with Gasteiger partial charge in [-0.05, 0) is 42.9 Å². The third-order valence-corrected chi connectivity index (χ3v) is 9.13. The maximum atomic E-state index is 14.5. The second-order valence-corrected chi connectivity index (χ2v) is 12.4. The van der Waals surface area contributed by atoms with Crippen LogP contribution in [-0.4, -0.2) is 57.6 Å². The first-order valence-corrected chi connectivity index (χ1v) is 16.5. The van der Waals surface area contributed by atoms with Crippen molar-refractivity contribution in [3.05, 3.63) is 112 Å². The molecule has 13 nitrogen and oxygen atoms in total. The number of pyridine rings is 1. The summed E-state index contributed by atoms with van der Waals surface area (Å²) in [5, 5.41) is 31.1. The summed E-state index contributed by atoms with van der Waals surface area (Å²) in [6, 6.07) is 18.3. The van der Waals surface area contributed by atoms with Crippen molar-refractivity contribution >= 4 is 29.2 Å². The number of hydrogen-bond donors (Lipinski definition) is 2. The van der Waals surface area contributed by atoms with Crippen molar-refractivity contribution in [2.45, 2.75) is 44.7 Å².